The third kappa shape index (κ3) is 2.47. The third-order valence-corrected chi connectivity index (χ3v) is 2.92. The number of rotatable bonds is 2. The highest BCUT2D eigenvalue weighted by Crippen LogP contribution is 2.25. The molecule has 0 radical (unpaired) electrons. The number of aromatic nitrogens is 2. The third-order valence-electron chi connectivity index (χ3n) is 2.32. The molecule has 1 amide bonds. The Balaban J connectivity index is 2.30. The van der Waals surface area contributed by atoms with E-state index in [1.54, 1.807) is 13.1 Å². The maximum Gasteiger partial charge on any atom is 0.258 e. The van der Waals surface area contributed by atoms with Crippen LogP contribution in [-0.2, 0) is 0 Å². The van der Waals surface area contributed by atoms with Crippen molar-refractivity contribution in [1.82, 2.24) is 10.2 Å². The summed E-state index contributed by atoms with van der Waals surface area (Å²) in [5, 5.41) is 8.85. The molecule has 4 nitrogen and oxygen atoms in total. The Morgan fingerprint density at radius 1 is 1.39 bits per heavy atom. The van der Waals surface area contributed by atoms with Crippen LogP contribution >= 0.6 is 23.2 Å². The van der Waals surface area contributed by atoms with E-state index in [9.17, 15) is 9.18 Å². The number of aryl methyl sites for hydroxylation is 1. The number of H-pyrrole nitrogens is 1. The van der Waals surface area contributed by atoms with Crippen LogP contribution in [0.4, 0.5) is 10.2 Å². The molecule has 2 aromatic rings. The quantitative estimate of drug-likeness (QED) is 0.832. The van der Waals surface area contributed by atoms with E-state index in [2.05, 4.69) is 15.5 Å². The molecule has 0 aliphatic carbocycles. The number of aromatic amines is 1. The van der Waals surface area contributed by atoms with Gasteiger partial charge in [-0.25, -0.2) is 4.39 Å². The first-order valence-corrected chi connectivity index (χ1v) is 5.70. The fourth-order valence-electron chi connectivity index (χ4n) is 1.35. The summed E-state index contributed by atoms with van der Waals surface area (Å²) in [4.78, 5) is 11.9. The Bertz CT molecular complexity index is 612. The number of halogens is 3. The van der Waals surface area contributed by atoms with E-state index in [1.807, 2.05) is 0 Å². The summed E-state index contributed by atoms with van der Waals surface area (Å²) in [6.07, 6.45) is 1.56. The van der Waals surface area contributed by atoms with Crippen LogP contribution in [0.25, 0.3) is 0 Å². The smallest absolute Gasteiger partial charge is 0.258 e. The first kappa shape index (κ1) is 12.9. The number of nitrogens with one attached hydrogen (secondary N) is 2. The molecule has 0 fully saturated rings. The van der Waals surface area contributed by atoms with Crippen molar-refractivity contribution in [3.8, 4) is 0 Å². The number of carbonyl (C=O) groups excluding carboxylic acids is 1. The first-order valence-electron chi connectivity index (χ1n) is 4.95. The number of hydrogen-bond donors (Lipinski definition) is 2. The Hall–Kier alpha value is -1.59. The minimum absolute atomic E-state index is 0.00701. The summed E-state index contributed by atoms with van der Waals surface area (Å²) in [5.41, 5.74) is 0.765. The summed E-state index contributed by atoms with van der Waals surface area (Å²) in [6, 6.07) is 2.18. The average Bonchev–Trinajstić information content (AvgIpc) is 2.69. The van der Waals surface area contributed by atoms with Crippen LogP contribution in [0, 0.1) is 12.7 Å². The number of anilines is 1. The largest absolute Gasteiger partial charge is 0.307 e. The van der Waals surface area contributed by atoms with Crippen molar-refractivity contribution >= 4 is 34.9 Å². The van der Waals surface area contributed by atoms with Crippen molar-refractivity contribution < 1.29 is 9.18 Å². The van der Waals surface area contributed by atoms with Gasteiger partial charge in [0.25, 0.3) is 5.91 Å². The molecule has 1 aromatic heterocycles. The molecule has 0 saturated heterocycles. The molecule has 94 valence electrons. The normalized spacial score (nSPS) is 10.4. The molecule has 18 heavy (non-hydrogen) atoms. The molecule has 7 heteroatoms. The summed E-state index contributed by atoms with van der Waals surface area (Å²) in [5.74, 6) is -0.804. The SMILES string of the molecule is Cc1cn[nH]c1NC(=O)c1cc(F)c(Cl)cc1Cl. The molecule has 2 rings (SSSR count). The van der Waals surface area contributed by atoms with E-state index in [1.165, 1.54) is 6.07 Å². The number of amides is 1. The second-order valence-electron chi connectivity index (χ2n) is 3.63. The zero-order valence-electron chi connectivity index (χ0n) is 9.22. The van der Waals surface area contributed by atoms with Crippen LogP contribution in [0.3, 0.4) is 0 Å². The van der Waals surface area contributed by atoms with Crippen molar-refractivity contribution in [3.05, 3.63) is 45.3 Å². The van der Waals surface area contributed by atoms with E-state index < -0.39 is 11.7 Å². The molecule has 1 aromatic carbocycles. The Morgan fingerprint density at radius 2 is 2.11 bits per heavy atom. The lowest BCUT2D eigenvalue weighted by atomic mass is 10.2. The lowest BCUT2D eigenvalue weighted by Crippen LogP contribution is -2.14. The van der Waals surface area contributed by atoms with E-state index in [4.69, 9.17) is 23.2 Å². The lowest BCUT2D eigenvalue weighted by Gasteiger charge is -2.06. The van der Waals surface area contributed by atoms with E-state index in [-0.39, 0.29) is 15.6 Å². The van der Waals surface area contributed by atoms with Gasteiger partial charge in [-0.3, -0.25) is 9.89 Å². The van der Waals surface area contributed by atoms with Gasteiger partial charge in [0.1, 0.15) is 11.6 Å². The van der Waals surface area contributed by atoms with Gasteiger partial charge < -0.3 is 5.32 Å². The molecule has 1 heterocycles. The van der Waals surface area contributed by atoms with Crippen LogP contribution in [0.2, 0.25) is 10.0 Å². The summed E-state index contributed by atoms with van der Waals surface area (Å²) >= 11 is 11.4. The average molecular weight is 288 g/mol. The fourth-order valence-corrected chi connectivity index (χ4v) is 1.82. The number of hydrogen-bond acceptors (Lipinski definition) is 2. The summed E-state index contributed by atoms with van der Waals surface area (Å²) in [6.45, 7) is 1.77. The van der Waals surface area contributed by atoms with Gasteiger partial charge >= 0.3 is 0 Å². The highest BCUT2D eigenvalue weighted by molar-refractivity contribution is 6.37. The van der Waals surface area contributed by atoms with E-state index in [0.717, 1.165) is 11.6 Å². The van der Waals surface area contributed by atoms with Crippen molar-refractivity contribution in [2.75, 3.05) is 5.32 Å². The predicted octanol–water partition coefficient (Wildman–Crippen LogP) is 3.42. The van der Waals surface area contributed by atoms with Crippen LogP contribution < -0.4 is 5.32 Å². The molecular weight excluding hydrogens is 280 g/mol. The fraction of sp³-hybridized carbons (Fsp3) is 0.0909. The van der Waals surface area contributed by atoms with Gasteiger partial charge in [0.05, 0.1) is 21.8 Å². The maximum absolute atomic E-state index is 13.3. The Morgan fingerprint density at radius 3 is 2.72 bits per heavy atom. The maximum atomic E-state index is 13.3. The molecule has 0 saturated carbocycles. The van der Waals surface area contributed by atoms with Crippen molar-refractivity contribution in [1.29, 1.82) is 0 Å². The second-order valence-corrected chi connectivity index (χ2v) is 4.44. The van der Waals surface area contributed by atoms with Crippen LogP contribution in [-0.4, -0.2) is 16.1 Å². The van der Waals surface area contributed by atoms with E-state index >= 15 is 0 Å². The molecule has 2 N–H and O–H groups in total. The van der Waals surface area contributed by atoms with E-state index in [0.29, 0.717) is 5.82 Å². The van der Waals surface area contributed by atoms with Crippen molar-refractivity contribution in [3.63, 3.8) is 0 Å². The predicted molar refractivity (Wildman–Crippen MR) is 67.7 cm³/mol. The van der Waals surface area contributed by atoms with Gasteiger partial charge in [-0.05, 0) is 19.1 Å². The standard InChI is InChI=1S/C11H8Cl2FN3O/c1-5-4-15-17-10(5)16-11(18)6-2-9(14)8(13)3-7(6)12/h2-4H,1H3,(H2,15,16,17,18). The number of benzene rings is 1. The highest BCUT2D eigenvalue weighted by Gasteiger charge is 2.15. The van der Waals surface area contributed by atoms with Gasteiger partial charge in [-0.2, -0.15) is 5.10 Å². The topological polar surface area (TPSA) is 57.8 Å². The monoisotopic (exact) mass is 287 g/mol. The van der Waals surface area contributed by atoms with Crippen LogP contribution in [0.1, 0.15) is 15.9 Å². The minimum Gasteiger partial charge on any atom is -0.307 e. The number of carbonyl (C=O) groups is 1. The first-order chi connectivity index (χ1) is 8.49. The molecule has 0 spiro atoms. The molecule has 0 aliphatic heterocycles. The Labute approximate surface area is 112 Å². The number of nitrogens with zero attached hydrogens (tertiary/aromatic N) is 1. The molecule has 0 unspecified atom stereocenters. The zero-order chi connectivity index (χ0) is 13.3. The lowest BCUT2D eigenvalue weighted by molar-refractivity contribution is 0.102. The van der Waals surface area contributed by atoms with Crippen molar-refractivity contribution in [2.24, 2.45) is 0 Å². The van der Waals surface area contributed by atoms with Gasteiger partial charge in [-0.1, -0.05) is 23.2 Å². The highest BCUT2D eigenvalue weighted by atomic mass is 35.5. The van der Waals surface area contributed by atoms with Gasteiger partial charge in [0.2, 0.25) is 0 Å². The Kier molecular flexibility index (Phi) is 3.54. The van der Waals surface area contributed by atoms with Gasteiger partial charge in [0, 0.05) is 5.56 Å². The van der Waals surface area contributed by atoms with Crippen molar-refractivity contribution in [2.45, 2.75) is 6.92 Å². The zero-order valence-corrected chi connectivity index (χ0v) is 10.7. The van der Waals surface area contributed by atoms with Crippen LogP contribution in [0.15, 0.2) is 18.3 Å². The van der Waals surface area contributed by atoms with Gasteiger partial charge in [0.15, 0.2) is 0 Å². The molecule has 0 bridgehead atoms. The molecular formula is C11H8Cl2FN3O. The summed E-state index contributed by atoms with van der Waals surface area (Å²) in [7, 11) is 0. The van der Waals surface area contributed by atoms with Gasteiger partial charge in [-0.15, -0.1) is 0 Å². The second kappa shape index (κ2) is 4.96. The summed E-state index contributed by atoms with van der Waals surface area (Å²) < 4.78 is 13.3. The van der Waals surface area contributed by atoms with Crippen LogP contribution in [0.5, 0.6) is 0 Å². The molecule has 0 atom stereocenters. The minimum atomic E-state index is -0.701. The molecule has 0 aliphatic rings.